The minimum atomic E-state index is -2.78. The van der Waals surface area contributed by atoms with Gasteiger partial charge < -0.3 is 0 Å². The van der Waals surface area contributed by atoms with Gasteiger partial charge in [-0.05, 0) is 6.92 Å². The van der Waals surface area contributed by atoms with Crippen molar-refractivity contribution in [1.29, 1.82) is 0 Å². The van der Waals surface area contributed by atoms with Crippen molar-refractivity contribution >= 4 is 38.6 Å². The molecule has 0 aromatic heterocycles. The fourth-order valence-corrected chi connectivity index (χ4v) is 4.58. The first-order valence-electron chi connectivity index (χ1n) is 8.39. The van der Waals surface area contributed by atoms with Gasteiger partial charge in [-0.3, -0.25) is 0 Å². The van der Waals surface area contributed by atoms with Gasteiger partial charge in [0, 0.05) is 0 Å². The van der Waals surface area contributed by atoms with E-state index in [0.29, 0.717) is 29.0 Å². The molecule has 0 bridgehead atoms. The first-order valence-corrected chi connectivity index (χ1v) is 11.2. The molecular formula is C18H25IO7. The molecule has 1 aromatic rings. The summed E-state index contributed by atoms with van der Waals surface area (Å²) in [5, 5.41) is 0. The predicted molar refractivity (Wildman–Crippen MR) is 103 cm³/mol. The number of carbonyl (C=O) groups is 3. The molecule has 0 atom stereocenters. The Balaban J connectivity index is 2.38. The third kappa shape index (κ3) is 9.59. The zero-order chi connectivity index (χ0) is 19.4. The van der Waals surface area contributed by atoms with Gasteiger partial charge in [-0.15, -0.1) is 0 Å². The second kappa shape index (κ2) is 12.5. The van der Waals surface area contributed by atoms with Gasteiger partial charge >= 0.3 is 148 Å². The van der Waals surface area contributed by atoms with Crippen LogP contribution in [-0.2, 0) is 25.3 Å². The molecule has 0 radical (unpaired) electrons. The molecule has 0 aliphatic heterocycles. The van der Waals surface area contributed by atoms with Crippen molar-refractivity contribution in [2.75, 3.05) is 13.2 Å². The Hall–Kier alpha value is -1.84. The van der Waals surface area contributed by atoms with Crippen LogP contribution in [0.2, 0.25) is 0 Å². The van der Waals surface area contributed by atoms with Crippen molar-refractivity contribution in [3.8, 4) is 5.75 Å². The first-order chi connectivity index (χ1) is 12.4. The zero-order valence-electron chi connectivity index (χ0n) is 15.3. The Bertz CT molecular complexity index is 570. The van der Waals surface area contributed by atoms with Gasteiger partial charge in [-0.1, -0.05) is 0 Å². The summed E-state index contributed by atoms with van der Waals surface area (Å²) < 4.78 is 21.5. The third-order valence-electron chi connectivity index (χ3n) is 2.95. The summed E-state index contributed by atoms with van der Waals surface area (Å²) in [6, 6.07) is 7.00. The van der Waals surface area contributed by atoms with E-state index >= 15 is 0 Å². The molecule has 0 N–H and O–H groups in total. The minimum absolute atomic E-state index is 0.163. The number of benzene rings is 1. The quantitative estimate of drug-likeness (QED) is 0.270. The summed E-state index contributed by atoms with van der Waals surface area (Å²) in [5.74, 6) is -0.427. The summed E-state index contributed by atoms with van der Waals surface area (Å²) in [5.41, 5.74) is 0. The molecule has 0 fully saturated rings. The van der Waals surface area contributed by atoms with Crippen molar-refractivity contribution in [3.05, 3.63) is 27.8 Å². The van der Waals surface area contributed by atoms with E-state index in [1.54, 1.807) is 31.2 Å². The van der Waals surface area contributed by atoms with Gasteiger partial charge in [-0.25, -0.2) is 0 Å². The van der Waals surface area contributed by atoms with Crippen LogP contribution in [0.4, 0.5) is 0 Å². The van der Waals surface area contributed by atoms with Gasteiger partial charge in [0.1, 0.15) is 0 Å². The molecule has 1 rings (SSSR count). The van der Waals surface area contributed by atoms with Crippen LogP contribution in [-0.4, -0.2) is 31.1 Å². The average molecular weight is 480 g/mol. The molecule has 0 aliphatic carbocycles. The van der Waals surface area contributed by atoms with Crippen molar-refractivity contribution in [1.82, 2.24) is 0 Å². The number of ether oxygens (including phenoxy) is 2. The molecule has 146 valence electrons. The number of halogens is 1. The van der Waals surface area contributed by atoms with E-state index in [1.165, 1.54) is 13.8 Å². The monoisotopic (exact) mass is 480 g/mol. The van der Waals surface area contributed by atoms with Crippen LogP contribution < -0.4 is 4.74 Å². The summed E-state index contributed by atoms with van der Waals surface area (Å²) in [6.07, 6.45) is 2.92. The number of hydrogen-bond acceptors (Lipinski definition) is 7. The predicted octanol–water partition coefficient (Wildman–Crippen LogP) is 3.82. The molecule has 0 aliphatic rings. The third-order valence-corrected chi connectivity index (χ3v) is 6.73. The molecule has 0 saturated heterocycles. The van der Waals surface area contributed by atoms with Crippen LogP contribution >= 0.6 is 20.6 Å². The Morgan fingerprint density at radius 2 is 1.54 bits per heavy atom. The number of carbonyl (C=O) groups excluding carboxylic acids is 3. The van der Waals surface area contributed by atoms with Crippen molar-refractivity contribution in [2.45, 2.75) is 46.5 Å². The van der Waals surface area contributed by atoms with Crippen LogP contribution in [0.3, 0.4) is 0 Å². The molecule has 0 unspecified atom stereocenters. The van der Waals surface area contributed by atoms with Crippen LogP contribution in [0.1, 0.15) is 46.5 Å². The van der Waals surface area contributed by atoms with E-state index in [4.69, 9.17) is 15.6 Å². The Kier molecular flexibility index (Phi) is 10.7. The van der Waals surface area contributed by atoms with Crippen molar-refractivity contribution in [2.24, 2.45) is 0 Å². The van der Waals surface area contributed by atoms with Crippen LogP contribution in [0.15, 0.2) is 24.3 Å². The molecule has 0 heterocycles. The van der Waals surface area contributed by atoms with Gasteiger partial charge in [0.2, 0.25) is 0 Å². The second-order valence-electron chi connectivity index (χ2n) is 5.27. The van der Waals surface area contributed by atoms with E-state index < -0.39 is 32.6 Å². The average Bonchev–Trinajstić information content (AvgIpc) is 2.57. The number of unbranched alkanes of at least 4 members (excludes halogenated alkanes) is 2. The summed E-state index contributed by atoms with van der Waals surface area (Å²) in [7, 11) is 0. The Labute approximate surface area is 161 Å². The summed E-state index contributed by atoms with van der Waals surface area (Å²) >= 11 is -2.78. The fraction of sp³-hybridized carbons (Fsp3) is 0.500. The maximum atomic E-state index is 11.2. The number of hydrogen-bond donors (Lipinski definition) is 0. The van der Waals surface area contributed by atoms with E-state index in [9.17, 15) is 14.4 Å². The van der Waals surface area contributed by atoms with Crippen LogP contribution in [0.25, 0.3) is 0 Å². The number of rotatable bonds is 11. The van der Waals surface area contributed by atoms with E-state index in [0.717, 1.165) is 19.3 Å². The zero-order valence-corrected chi connectivity index (χ0v) is 17.4. The molecular weight excluding hydrogens is 455 g/mol. The molecule has 0 amide bonds. The summed E-state index contributed by atoms with van der Waals surface area (Å²) in [6.45, 7) is 5.32. The van der Waals surface area contributed by atoms with Gasteiger partial charge in [-0.2, -0.15) is 0 Å². The van der Waals surface area contributed by atoms with Crippen LogP contribution in [0, 0.1) is 3.57 Å². The molecule has 0 spiro atoms. The number of esters is 1. The fourth-order valence-electron chi connectivity index (χ4n) is 1.91. The van der Waals surface area contributed by atoms with E-state index in [-0.39, 0.29) is 5.97 Å². The topological polar surface area (TPSA) is 88.1 Å². The van der Waals surface area contributed by atoms with Crippen LogP contribution in [0.5, 0.6) is 5.75 Å². The summed E-state index contributed by atoms with van der Waals surface area (Å²) in [4.78, 5) is 33.5. The molecule has 26 heavy (non-hydrogen) atoms. The standard InChI is InChI=1S/C18H25IO7/c1-4-23-18(22)8-6-5-7-13-24-17-11-9-16(10-12-17)19(25-14(2)20)26-15(3)21/h9-12H,4-8,13H2,1-3H3. The Morgan fingerprint density at radius 3 is 2.08 bits per heavy atom. The van der Waals surface area contributed by atoms with Gasteiger partial charge in [0.25, 0.3) is 0 Å². The van der Waals surface area contributed by atoms with Gasteiger partial charge in [0.15, 0.2) is 0 Å². The second-order valence-corrected chi connectivity index (χ2v) is 8.64. The SMILES string of the molecule is CCOC(=O)CCCCCOc1ccc(I(OC(C)=O)OC(C)=O)cc1. The maximum absolute atomic E-state index is 11.2. The van der Waals surface area contributed by atoms with E-state index in [2.05, 4.69) is 0 Å². The first kappa shape index (κ1) is 22.2. The van der Waals surface area contributed by atoms with Crippen molar-refractivity contribution in [3.63, 3.8) is 0 Å². The molecule has 7 nitrogen and oxygen atoms in total. The molecule has 1 aromatic carbocycles. The van der Waals surface area contributed by atoms with E-state index in [1.807, 2.05) is 0 Å². The van der Waals surface area contributed by atoms with Gasteiger partial charge in [0.05, 0.1) is 6.61 Å². The molecule has 8 heteroatoms. The van der Waals surface area contributed by atoms with Crippen molar-refractivity contribution < 1.29 is 30.0 Å². The Morgan fingerprint density at radius 1 is 0.923 bits per heavy atom. The molecule has 0 saturated carbocycles. The normalized spacial score (nSPS) is 10.7.